The number of urea groups is 1. The van der Waals surface area contributed by atoms with E-state index >= 15 is 0 Å². The number of rotatable bonds is 5. The Balaban J connectivity index is 1.83. The topological polar surface area (TPSA) is 90.9 Å². The van der Waals surface area contributed by atoms with E-state index in [1.807, 2.05) is 0 Å². The fourth-order valence-electron chi connectivity index (χ4n) is 2.88. The minimum absolute atomic E-state index is 0.0344. The number of nitrogens with one attached hydrogen (secondary N) is 2. The monoisotopic (exact) mass is 421 g/mol. The Bertz CT molecular complexity index is 734. The SMILES string of the molecule is C[C@H](C(=O)N1CCC(NC(=O)Nc2ccc(OC(F)(F)F)c(F)c2)CC1)[C@@H](C)O. The molecule has 7 nitrogen and oxygen atoms in total. The molecule has 3 N–H and O–H groups in total. The Morgan fingerprint density at radius 3 is 2.38 bits per heavy atom. The van der Waals surface area contributed by atoms with Crippen LogP contribution in [0.25, 0.3) is 0 Å². The minimum atomic E-state index is -5.02. The Morgan fingerprint density at radius 2 is 1.86 bits per heavy atom. The van der Waals surface area contributed by atoms with E-state index in [-0.39, 0.29) is 17.6 Å². The number of carbonyl (C=O) groups excluding carboxylic acids is 2. The lowest BCUT2D eigenvalue weighted by Gasteiger charge is -2.34. The number of aliphatic hydroxyl groups excluding tert-OH is 1. The van der Waals surface area contributed by atoms with Gasteiger partial charge in [-0.3, -0.25) is 4.79 Å². The molecule has 2 atom stereocenters. The van der Waals surface area contributed by atoms with E-state index in [0.29, 0.717) is 25.9 Å². The number of amides is 3. The van der Waals surface area contributed by atoms with Crippen LogP contribution in [0.2, 0.25) is 0 Å². The molecule has 1 aliphatic rings. The molecule has 162 valence electrons. The van der Waals surface area contributed by atoms with Gasteiger partial charge < -0.3 is 25.4 Å². The molecule has 1 fully saturated rings. The maximum atomic E-state index is 13.7. The number of benzene rings is 1. The molecule has 0 bridgehead atoms. The quantitative estimate of drug-likeness (QED) is 0.638. The standard InChI is InChI=1S/C18H23F4N3O4/c1-10(11(2)26)16(27)25-7-5-12(6-8-25)23-17(28)24-13-3-4-15(14(19)9-13)29-18(20,21)22/h3-4,9-12,26H,5-8H2,1-2H3,(H2,23,24,28)/t10-,11+/m0/s1. The summed E-state index contributed by atoms with van der Waals surface area (Å²) in [4.78, 5) is 25.9. The van der Waals surface area contributed by atoms with Crippen LogP contribution in [0.4, 0.5) is 28.0 Å². The number of carbonyl (C=O) groups is 2. The summed E-state index contributed by atoms with van der Waals surface area (Å²) in [5.41, 5.74) is -0.0344. The highest BCUT2D eigenvalue weighted by molar-refractivity contribution is 5.89. The summed E-state index contributed by atoms with van der Waals surface area (Å²) in [6.07, 6.45) is -4.77. The van der Waals surface area contributed by atoms with Gasteiger partial charge in [0.15, 0.2) is 11.6 Å². The van der Waals surface area contributed by atoms with Gasteiger partial charge in [0.2, 0.25) is 5.91 Å². The second kappa shape index (κ2) is 9.29. The van der Waals surface area contributed by atoms with Gasteiger partial charge in [-0.25, -0.2) is 9.18 Å². The summed E-state index contributed by atoms with van der Waals surface area (Å²) < 4.78 is 53.6. The van der Waals surface area contributed by atoms with E-state index in [0.717, 1.165) is 18.2 Å². The molecule has 0 spiro atoms. The first-order valence-corrected chi connectivity index (χ1v) is 9.06. The average molecular weight is 421 g/mol. The summed E-state index contributed by atoms with van der Waals surface area (Å²) in [5, 5.41) is 14.5. The van der Waals surface area contributed by atoms with Gasteiger partial charge in [-0.05, 0) is 31.9 Å². The summed E-state index contributed by atoms with van der Waals surface area (Å²) in [7, 11) is 0. The molecule has 1 aliphatic heterocycles. The molecule has 1 saturated heterocycles. The van der Waals surface area contributed by atoms with Crippen LogP contribution in [-0.4, -0.2) is 53.5 Å². The van der Waals surface area contributed by atoms with Crippen molar-refractivity contribution in [2.45, 2.75) is 45.2 Å². The first-order chi connectivity index (χ1) is 13.5. The highest BCUT2D eigenvalue weighted by atomic mass is 19.4. The van der Waals surface area contributed by atoms with Gasteiger partial charge in [-0.15, -0.1) is 13.2 Å². The Labute approximate surface area is 165 Å². The average Bonchev–Trinajstić information content (AvgIpc) is 2.62. The third-order valence-corrected chi connectivity index (χ3v) is 4.67. The summed E-state index contributed by atoms with van der Waals surface area (Å²) >= 11 is 0. The molecular formula is C18H23F4N3O4. The molecule has 11 heteroatoms. The number of hydrogen-bond donors (Lipinski definition) is 3. The van der Waals surface area contributed by atoms with Crippen molar-refractivity contribution in [3.8, 4) is 5.75 Å². The smallest absolute Gasteiger partial charge is 0.403 e. The highest BCUT2D eigenvalue weighted by Crippen LogP contribution is 2.27. The zero-order chi connectivity index (χ0) is 21.8. The number of anilines is 1. The lowest BCUT2D eigenvalue weighted by Crippen LogP contribution is -2.49. The molecule has 29 heavy (non-hydrogen) atoms. The molecule has 0 radical (unpaired) electrons. The number of likely N-dealkylation sites (tertiary alicyclic amines) is 1. The van der Waals surface area contributed by atoms with Crippen molar-refractivity contribution in [2.24, 2.45) is 5.92 Å². The van der Waals surface area contributed by atoms with Crippen molar-refractivity contribution < 1.29 is 37.0 Å². The molecule has 3 amide bonds. The van der Waals surface area contributed by atoms with Crippen LogP contribution >= 0.6 is 0 Å². The van der Waals surface area contributed by atoms with Crippen LogP contribution in [0, 0.1) is 11.7 Å². The Morgan fingerprint density at radius 1 is 1.24 bits per heavy atom. The number of alkyl halides is 3. The van der Waals surface area contributed by atoms with E-state index in [2.05, 4.69) is 15.4 Å². The molecule has 0 unspecified atom stereocenters. The van der Waals surface area contributed by atoms with Crippen LogP contribution in [0.1, 0.15) is 26.7 Å². The zero-order valence-corrected chi connectivity index (χ0v) is 15.9. The highest BCUT2D eigenvalue weighted by Gasteiger charge is 2.32. The normalized spacial score (nSPS) is 17.4. The largest absolute Gasteiger partial charge is 0.573 e. The van der Waals surface area contributed by atoms with Crippen molar-refractivity contribution in [3.05, 3.63) is 24.0 Å². The third kappa shape index (κ3) is 6.77. The van der Waals surface area contributed by atoms with Crippen LogP contribution in [0.3, 0.4) is 0 Å². The van der Waals surface area contributed by atoms with Gasteiger partial charge in [0, 0.05) is 30.9 Å². The molecule has 2 rings (SSSR count). The van der Waals surface area contributed by atoms with Crippen molar-refractivity contribution in [1.82, 2.24) is 10.2 Å². The number of aliphatic hydroxyl groups is 1. The van der Waals surface area contributed by atoms with E-state index in [1.54, 1.807) is 18.7 Å². The Hall–Kier alpha value is -2.56. The molecule has 1 heterocycles. The molecule has 1 aromatic carbocycles. The maximum Gasteiger partial charge on any atom is 0.573 e. The van der Waals surface area contributed by atoms with Crippen molar-refractivity contribution >= 4 is 17.6 Å². The van der Waals surface area contributed by atoms with E-state index in [1.165, 1.54) is 0 Å². The maximum absolute atomic E-state index is 13.7. The van der Waals surface area contributed by atoms with Gasteiger partial charge >= 0.3 is 12.4 Å². The lowest BCUT2D eigenvalue weighted by molar-refractivity contribution is -0.275. The lowest BCUT2D eigenvalue weighted by atomic mass is 10.0. The zero-order valence-electron chi connectivity index (χ0n) is 15.9. The number of hydrogen-bond acceptors (Lipinski definition) is 4. The number of piperidine rings is 1. The van der Waals surface area contributed by atoms with E-state index in [4.69, 9.17) is 0 Å². The van der Waals surface area contributed by atoms with Gasteiger partial charge in [-0.2, -0.15) is 0 Å². The summed E-state index contributed by atoms with van der Waals surface area (Å²) in [5.74, 6) is -2.92. The Kier molecular flexibility index (Phi) is 7.28. The minimum Gasteiger partial charge on any atom is -0.403 e. The predicted molar refractivity (Wildman–Crippen MR) is 95.7 cm³/mol. The van der Waals surface area contributed by atoms with Gasteiger partial charge in [0.25, 0.3) is 0 Å². The second-order valence-electron chi connectivity index (χ2n) is 6.92. The summed E-state index contributed by atoms with van der Waals surface area (Å²) in [6, 6.07) is 1.71. The third-order valence-electron chi connectivity index (χ3n) is 4.67. The molecule has 0 saturated carbocycles. The number of nitrogens with zero attached hydrogens (tertiary/aromatic N) is 1. The first kappa shape index (κ1) is 22.7. The van der Waals surface area contributed by atoms with E-state index in [9.17, 15) is 32.3 Å². The molecule has 0 aromatic heterocycles. The predicted octanol–water partition coefficient (Wildman–Crippen LogP) is 2.85. The van der Waals surface area contributed by atoms with Crippen LogP contribution < -0.4 is 15.4 Å². The van der Waals surface area contributed by atoms with Crippen LogP contribution in [-0.2, 0) is 4.79 Å². The van der Waals surface area contributed by atoms with Crippen molar-refractivity contribution in [3.63, 3.8) is 0 Å². The summed E-state index contributed by atoms with van der Waals surface area (Å²) in [6.45, 7) is 4.03. The van der Waals surface area contributed by atoms with Gasteiger partial charge in [0.1, 0.15) is 0 Å². The number of halogens is 4. The molecule has 1 aromatic rings. The van der Waals surface area contributed by atoms with Crippen molar-refractivity contribution in [2.75, 3.05) is 18.4 Å². The van der Waals surface area contributed by atoms with Gasteiger partial charge in [0.05, 0.1) is 12.0 Å². The number of ether oxygens (including phenoxy) is 1. The van der Waals surface area contributed by atoms with E-state index < -0.39 is 36.0 Å². The molecule has 0 aliphatic carbocycles. The van der Waals surface area contributed by atoms with Gasteiger partial charge in [-0.1, -0.05) is 6.92 Å². The first-order valence-electron chi connectivity index (χ1n) is 9.06. The second-order valence-corrected chi connectivity index (χ2v) is 6.92. The molecular weight excluding hydrogens is 398 g/mol. The fraction of sp³-hybridized carbons (Fsp3) is 0.556. The fourth-order valence-corrected chi connectivity index (χ4v) is 2.88. The van der Waals surface area contributed by atoms with Crippen LogP contribution in [0.5, 0.6) is 5.75 Å². The van der Waals surface area contributed by atoms with Crippen molar-refractivity contribution in [1.29, 1.82) is 0 Å². The van der Waals surface area contributed by atoms with Crippen LogP contribution in [0.15, 0.2) is 18.2 Å².